The second-order valence-corrected chi connectivity index (χ2v) is 10.4. The molecule has 0 saturated heterocycles. The molecule has 0 aliphatic rings. The van der Waals surface area contributed by atoms with E-state index in [1.807, 2.05) is 0 Å². The molecule has 0 aromatic carbocycles. The quantitative estimate of drug-likeness (QED) is 0.0662. The summed E-state index contributed by atoms with van der Waals surface area (Å²) < 4.78 is 11.4. The Hall–Kier alpha value is -1.32. The van der Waals surface area contributed by atoms with Crippen LogP contribution in [-0.4, -0.2) is 25.2 Å². The number of hydrogen-bond acceptors (Lipinski definition) is 4. The van der Waals surface area contributed by atoms with Gasteiger partial charge in [-0.1, -0.05) is 130 Å². The van der Waals surface area contributed by atoms with Crippen LogP contribution in [0.3, 0.4) is 0 Å². The minimum Gasteiger partial charge on any atom is -0.462 e. The minimum atomic E-state index is -0.292. The highest BCUT2D eigenvalue weighted by Crippen LogP contribution is 2.23. The lowest BCUT2D eigenvalue weighted by atomic mass is 9.96. The van der Waals surface area contributed by atoms with Crippen LogP contribution in [0.2, 0.25) is 0 Å². The first kappa shape index (κ1) is 34.7. The molecule has 4 nitrogen and oxygen atoms in total. The first-order valence-electron chi connectivity index (χ1n) is 15.7. The number of rotatable bonds is 26. The fraction of sp³-hybridized carbons (Fsp3) is 0.875. The maximum absolute atomic E-state index is 13.2. The molecular weight excluding hydrogens is 448 g/mol. The van der Waals surface area contributed by atoms with Gasteiger partial charge in [-0.2, -0.15) is 0 Å². The van der Waals surface area contributed by atoms with Crippen LogP contribution >= 0.6 is 0 Å². The van der Waals surface area contributed by atoms with E-state index in [-0.39, 0.29) is 11.9 Å². The first-order chi connectivity index (χ1) is 17.6. The van der Waals surface area contributed by atoms with Gasteiger partial charge in [0.25, 0.3) is 0 Å². The SMILES string of the molecule is CCCCCCCCOC(=O)/C(CCCCC)=C(/CCCCCCC)C(=O)OCCCCCCCC. The summed E-state index contributed by atoms with van der Waals surface area (Å²) in [6, 6.07) is 0. The highest BCUT2D eigenvalue weighted by Gasteiger charge is 2.23. The van der Waals surface area contributed by atoms with Crippen LogP contribution in [-0.2, 0) is 19.1 Å². The van der Waals surface area contributed by atoms with Gasteiger partial charge in [-0.05, 0) is 38.5 Å². The summed E-state index contributed by atoms with van der Waals surface area (Å²) in [6.45, 7) is 9.68. The number of carbonyl (C=O) groups excluding carboxylic acids is 2. The zero-order valence-corrected chi connectivity index (χ0v) is 24.6. The number of hydrogen-bond donors (Lipinski definition) is 0. The lowest BCUT2D eigenvalue weighted by Crippen LogP contribution is -2.18. The fourth-order valence-electron chi connectivity index (χ4n) is 4.48. The molecule has 0 aliphatic heterocycles. The normalized spacial score (nSPS) is 11.9. The van der Waals surface area contributed by atoms with Crippen molar-refractivity contribution in [3.8, 4) is 0 Å². The van der Waals surface area contributed by atoms with E-state index in [0.717, 1.165) is 57.8 Å². The summed E-state index contributed by atoms with van der Waals surface area (Å²) >= 11 is 0. The van der Waals surface area contributed by atoms with Gasteiger partial charge in [0.15, 0.2) is 0 Å². The molecule has 0 bridgehead atoms. The molecule has 0 aromatic rings. The highest BCUT2D eigenvalue weighted by atomic mass is 16.5. The van der Waals surface area contributed by atoms with E-state index in [9.17, 15) is 9.59 Å². The Morgan fingerprint density at radius 2 is 0.667 bits per heavy atom. The molecule has 0 rings (SSSR count). The van der Waals surface area contributed by atoms with E-state index in [2.05, 4.69) is 27.7 Å². The summed E-state index contributed by atoms with van der Waals surface area (Å²) in [5.74, 6) is -0.582. The Balaban J connectivity index is 5.14. The fourth-order valence-corrected chi connectivity index (χ4v) is 4.48. The number of carbonyl (C=O) groups is 2. The predicted octanol–water partition coefficient (Wildman–Crippen LogP) is 10.0. The van der Waals surface area contributed by atoms with E-state index >= 15 is 0 Å². The molecule has 0 saturated carbocycles. The van der Waals surface area contributed by atoms with Gasteiger partial charge in [-0.25, -0.2) is 9.59 Å². The summed E-state index contributed by atoms with van der Waals surface area (Å²) in [7, 11) is 0. The Labute approximate surface area is 224 Å². The summed E-state index contributed by atoms with van der Waals surface area (Å²) in [6.07, 6.45) is 23.7. The molecule has 0 fully saturated rings. The van der Waals surface area contributed by atoms with E-state index in [1.165, 1.54) is 70.6 Å². The lowest BCUT2D eigenvalue weighted by Gasteiger charge is -2.15. The van der Waals surface area contributed by atoms with Crippen LogP contribution in [0, 0.1) is 0 Å². The van der Waals surface area contributed by atoms with Crippen molar-refractivity contribution < 1.29 is 19.1 Å². The standard InChI is InChI=1S/C32H60O4/c1-5-9-13-16-19-23-27-35-31(33)29(25-21-12-8-4)30(26-22-18-15-11-7-3)32(34)36-28-24-20-17-14-10-6-2/h5-28H2,1-4H3/b30-29-. The van der Waals surface area contributed by atoms with Gasteiger partial charge < -0.3 is 9.47 Å². The third-order valence-corrected chi connectivity index (χ3v) is 6.88. The van der Waals surface area contributed by atoms with Gasteiger partial charge in [0.1, 0.15) is 0 Å². The molecule has 0 radical (unpaired) electrons. The molecule has 0 N–H and O–H groups in total. The van der Waals surface area contributed by atoms with Gasteiger partial charge >= 0.3 is 11.9 Å². The maximum atomic E-state index is 13.2. The predicted molar refractivity (Wildman–Crippen MR) is 153 cm³/mol. The topological polar surface area (TPSA) is 52.6 Å². The van der Waals surface area contributed by atoms with Crippen molar-refractivity contribution in [3.63, 3.8) is 0 Å². The minimum absolute atomic E-state index is 0.290. The average Bonchev–Trinajstić information content (AvgIpc) is 2.88. The largest absolute Gasteiger partial charge is 0.462 e. The van der Waals surface area contributed by atoms with Crippen LogP contribution in [0.25, 0.3) is 0 Å². The second kappa shape index (κ2) is 26.7. The maximum Gasteiger partial charge on any atom is 0.334 e. The first-order valence-corrected chi connectivity index (χ1v) is 15.7. The summed E-state index contributed by atoms with van der Waals surface area (Å²) in [5.41, 5.74) is 1.17. The van der Waals surface area contributed by atoms with Gasteiger partial charge in [0.05, 0.1) is 13.2 Å². The number of esters is 2. The van der Waals surface area contributed by atoms with Gasteiger partial charge in [0.2, 0.25) is 0 Å². The van der Waals surface area contributed by atoms with Gasteiger partial charge in [-0.3, -0.25) is 0 Å². The molecule has 0 aromatic heterocycles. The van der Waals surface area contributed by atoms with Crippen molar-refractivity contribution in [3.05, 3.63) is 11.1 Å². The molecule has 0 spiro atoms. The molecule has 0 heterocycles. The Kier molecular flexibility index (Phi) is 25.8. The highest BCUT2D eigenvalue weighted by molar-refractivity contribution is 6.00. The molecule has 212 valence electrons. The zero-order chi connectivity index (χ0) is 26.7. The second-order valence-electron chi connectivity index (χ2n) is 10.4. The molecule has 0 aliphatic carbocycles. The van der Waals surface area contributed by atoms with Gasteiger partial charge in [0, 0.05) is 11.1 Å². The van der Waals surface area contributed by atoms with Crippen LogP contribution in [0.1, 0.15) is 169 Å². The summed E-state index contributed by atoms with van der Waals surface area (Å²) in [5, 5.41) is 0. The molecule has 0 unspecified atom stereocenters. The van der Waals surface area contributed by atoms with E-state index in [1.54, 1.807) is 0 Å². The number of ether oxygens (including phenoxy) is 2. The molecule has 4 heteroatoms. The number of unbranched alkanes of at least 4 members (excludes halogenated alkanes) is 16. The van der Waals surface area contributed by atoms with E-state index in [4.69, 9.17) is 9.47 Å². The molecular formula is C32H60O4. The smallest absolute Gasteiger partial charge is 0.334 e. The Bertz CT molecular complexity index is 552. The third-order valence-electron chi connectivity index (χ3n) is 6.88. The van der Waals surface area contributed by atoms with Crippen LogP contribution in [0.15, 0.2) is 11.1 Å². The van der Waals surface area contributed by atoms with E-state index < -0.39 is 0 Å². The van der Waals surface area contributed by atoms with Gasteiger partial charge in [-0.15, -0.1) is 0 Å². The van der Waals surface area contributed by atoms with Crippen molar-refractivity contribution in [1.29, 1.82) is 0 Å². The molecule has 0 amide bonds. The van der Waals surface area contributed by atoms with Crippen molar-refractivity contribution in [2.24, 2.45) is 0 Å². The van der Waals surface area contributed by atoms with Crippen molar-refractivity contribution >= 4 is 11.9 Å². The molecule has 0 atom stereocenters. The van der Waals surface area contributed by atoms with Crippen molar-refractivity contribution in [2.45, 2.75) is 169 Å². The average molecular weight is 509 g/mol. The lowest BCUT2D eigenvalue weighted by molar-refractivity contribution is -0.142. The molecule has 36 heavy (non-hydrogen) atoms. The summed E-state index contributed by atoms with van der Waals surface area (Å²) in [4.78, 5) is 26.3. The van der Waals surface area contributed by atoms with Crippen molar-refractivity contribution in [2.75, 3.05) is 13.2 Å². The Morgan fingerprint density at radius 1 is 0.389 bits per heavy atom. The van der Waals surface area contributed by atoms with Crippen LogP contribution in [0.5, 0.6) is 0 Å². The van der Waals surface area contributed by atoms with E-state index in [0.29, 0.717) is 37.2 Å². The zero-order valence-electron chi connectivity index (χ0n) is 24.6. The third kappa shape index (κ3) is 19.8. The van der Waals surface area contributed by atoms with Crippen molar-refractivity contribution in [1.82, 2.24) is 0 Å². The van der Waals surface area contributed by atoms with Crippen LogP contribution < -0.4 is 0 Å². The van der Waals surface area contributed by atoms with Crippen LogP contribution in [0.4, 0.5) is 0 Å². The monoisotopic (exact) mass is 508 g/mol. The Morgan fingerprint density at radius 3 is 1.06 bits per heavy atom.